The van der Waals surface area contributed by atoms with Gasteiger partial charge in [-0.25, -0.2) is 0 Å². The maximum Gasteiger partial charge on any atom is 0.416 e. The van der Waals surface area contributed by atoms with Gasteiger partial charge < -0.3 is 4.74 Å². The van der Waals surface area contributed by atoms with E-state index in [0.29, 0.717) is 15.8 Å². The number of aromatic nitrogens is 4. The zero-order valence-corrected chi connectivity index (χ0v) is 14.6. The fraction of sp³-hybridized carbons (Fsp3) is 0.188. The Labute approximate surface area is 156 Å². The molecule has 1 aromatic heterocycles. The fourth-order valence-electron chi connectivity index (χ4n) is 2.11. The maximum absolute atomic E-state index is 12.8. The van der Waals surface area contributed by atoms with Crippen LogP contribution in [0.5, 0.6) is 5.75 Å². The zero-order valence-electron chi connectivity index (χ0n) is 13.0. The Morgan fingerprint density at radius 2 is 1.88 bits per heavy atom. The van der Waals surface area contributed by atoms with Crippen LogP contribution in [0.1, 0.15) is 5.56 Å². The Balaban J connectivity index is 1.66. The molecule has 136 valence electrons. The number of ether oxygens (including phenoxy) is 1. The first-order chi connectivity index (χ1) is 12.3. The lowest BCUT2D eigenvalue weighted by atomic mass is 10.1. The molecule has 0 aliphatic rings. The summed E-state index contributed by atoms with van der Waals surface area (Å²) in [4.78, 5) is 1.23. The van der Waals surface area contributed by atoms with Crippen LogP contribution in [0.4, 0.5) is 13.2 Å². The van der Waals surface area contributed by atoms with Gasteiger partial charge in [0.15, 0.2) is 0 Å². The number of halogens is 5. The van der Waals surface area contributed by atoms with Gasteiger partial charge in [0.05, 0.1) is 17.1 Å². The smallest absolute Gasteiger partial charge is 0.416 e. The van der Waals surface area contributed by atoms with Crippen LogP contribution in [0.25, 0.3) is 11.4 Å². The lowest BCUT2D eigenvalue weighted by molar-refractivity contribution is -0.137. The van der Waals surface area contributed by atoms with Gasteiger partial charge in [-0.2, -0.15) is 18.0 Å². The molecule has 0 atom stereocenters. The molecule has 0 spiro atoms. The number of benzene rings is 2. The van der Waals surface area contributed by atoms with Crippen molar-refractivity contribution in [2.24, 2.45) is 0 Å². The molecule has 0 aliphatic carbocycles. The predicted octanol–water partition coefficient (Wildman–Crippen LogP) is 4.74. The molecule has 0 saturated heterocycles. The molecule has 1 heterocycles. The third kappa shape index (κ3) is 4.44. The minimum atomic E-state index is -4.43. The second kappa shape index (κ2) is 7.51. The number of hydrogen-bond donors (Lipinski definition) is 0. The van der Waals surface area contributed by atoms with E-state index in [1.54, 1.807) is 18.2 Å². The first-order valence-electron chi connectivity index (χ1n) is 7.36. The first-order valence-corrected chi connectivity index (χ1v) is 8.12. The molecule has 5 nitrogen and oxygen atoms in total. The van der Waals surface area contributed by atoms with E-state index in [1.807, 2.05) is 0 Å². The summed E-state index contributed by atoms with van der Waals surface area (Å²) in [6, 6.07) is 9.56. The molecule has 0 radical (unpaired) electrons. The Hall–Kier alpha value is -2.32. The normalized spacial score (nSPS) is 11.6. The van der Waals surface area contributed by atoms with Crippen molar-refractivity contribution in [2.45, 2.75) is 12.7 Å². The number of alkyl halides is 3. The van der Waals surface area contributed by atoms with Gasteiger partial charge in [0.2, 0.25) is 5.82 Å². The Morgan fingerprint density at radius 1 is 1.08 bits per heavy atom. The molecule has 2 aromatic carbocycles. The molecular weight excluding hydrogens is 392 g/mol. The standard InChI is InChI=1S/C16H11Cl2F3N4O/c17-12-4-5-13(18)14(9-12)26-7-6-25-23-15(22-24-25)10-2-1-3-11(8-10)16(19,20)21/h1-5,8-9H,6-7H2. The number of hydrogen-bond acceptors (Lipinski definition) is 4. The van der Waals surface area contributed by atoms with Gasteiger partial charge in [0.25, 0.3) is 0 Å². The van der Waals surface area contributed by atoms with Crippen molar-refractivity contribution < 1.29 is 17.9 Å². The van der Waals surface area contributed by atoms with Crippen LogP contribution in [-0.4, -0.2) is 26.8 Å². The summed E-state index contributed by atoms with van der Waals surface area (Å²) >= 11 is 11.9. The summed E-state index contributed by atoms with van der Waals surface area (Å²) in [7, 11) is 0. The van der Waals surface area contributed by atoms with Crippen molar-refractivity contribution >= 4 is 23.2 Å². The summed E-state index contributed by atoms with van der Waals surface area (Å²) in [6.07, 6.45) is -4.43. The van der Waals surface area contributed by atoms with E-state index in [2.05, 4.69) is 15.4 Å². The molecule has 10 heteroatoms. The van der Waals surface area contributed by atoms with Crippen molar-refractivity contribution in [2.75, 3.05) is 6.61 Å². The molecule has 0 fully saturated rings. The van der Waals surface area contributed by atoms with Crippen LogP contribution >= 0.6 is 23.2 Å². The SMILES string of the molecule is FC(F)(F)c1cccc(-c2nnn(CCOc3cc(Cl)ccc3Cl)n2)c1. The van der Waals surface area contributed by atoms with Gasteiger partial charge in [-0.05, 0) is 29.5 Å². The molecule has 0 bridgehead atoms. The van der Waals surface area contributed by atoms with Crippen LogP contribution in [0, 0.1) is 0 Å². The maximum atomic E-state index is 12.8. The van der Waals surface area contributed by atoms with E-state index in [4.69, 9.17) is 27.9 Å². The van der Waals surface area contributed by atoms with Crippen LogP contribution < -0.4 is 4.74 Å². The summed E-state index contributed by atoms with van der Waals surface area (Å²) in [5.74, 6) is 0.509. The minimum absolute atomic E-state index is 0.0943. The van der Waals surface area contributed by atoms with Gasteiger partial charge >= 0.3 is 6.18 Å². The number of nitrogens with zero attached hydrogens (tertiary/aromatic N) is 4. The minimum Gasteiger partial charge on any atom is -0.490 e. The predicted molar refractivity (Wildman–Crippen MR) is 90.2 cm³/mol. The molecule has 0 unspecified atom stereocenters. The highest BCUT2D eigenvalue weighted by Crippen LogP contribution is 2.31. The summed E-state index contributed by atoms with van der Waals surface area (Å²) in [5.41, 5.74) is -0.546. The average molecular weight is 403 g/mol. The van der Waals surface area contributed by atoms with Gasteiger partial charge in [-0.1, -0.05) is 35.3 Å². The van der Waals surface area contributed by atoms with Gasteiger partial charge in [0, 0.05) is 16.7 Å². The Bertz CT molecular complexity index is 915. The Morgan fingerprint density at radius 3 is 2.65 bits per heavy atom. The average Bonchev–Trinajstić information content (AvgIpc) is 3.06. The molecule has 26 heavy (non-hydrogen) atoms. The third-order valence-corrected chi connectivity index (χ3v) is 3.89. The van der Waals surface area contributed by atoms with Gasteiger partial charge in [-0.15, -0.1) is 10.2 Å². The van der Waals surface area contributed by atoms with E-state index in [1.165, 1.54) is 16.9 Å². The van der Waals surface area contributed by atoms with Crippen molar-refractivity contribution in [1.82, 2.24) is 20.2 Å². The van der Waals surface area contributed by atoms with Crippen molar-refractivity contribution in [3.63, 3.8) is 0 Å². The summed E-state index contributed by atoms with van der Waals surface area (Å²) < 4.78 is 43.8. The molecule has 3 rings (SSSR count). The topological polar surface area (TPSA) is 52.8 Å². The fourth-order valence-corrected chi connectivity index (χ4v) is 2.45. The van der Waals surface area contributed by atoms with Crippen LogP contribution in [0.2, 0.25) is 10.0 Å². The van der Waals surface area contributed by atoms with E-state index in [-0.39, 0.29) is 24.5 Å². The van der Waals surface area contributed by atoms with E-state index >= 15 is 0 Å². The first kappa shape index (κ1) is 18.5. The number of rotatable bonds is 5. The van der Waals surface area contributed by atoms with Crippen molar-refractivity contribution in [3.8, 4) is 17.1 Å². The zero-order chi connectivity index (χ0) is 18.7. The second-order valence-electron chi connectivity index (χ2n) is 5.21. The summed E-state index contributed by atoms with van der Waals surface area (Å²) in [5, 5.41) is 12.5. The molecule has 3 aromatic rings. The highest BCUT2D eigenvalue weighted by Gasteiger charge is 2.30. The van der Waals surface area contributed by atoms with Crippen LogP contribution in [0.3, 0.4) is 0 Å². The lowest BCUT2D eigenvalue weighted by Crippen LogP contribution is -2.11. The molecular formula is C16H11Cl2F3N4O. The van der Waals surface area contributed by atoms with Gasteiger partial charge in [-0.3, -0.25) is 0 Å². The third-order valence-electron chi connectivity index (χ3n) is 3.34. The molecule has 0 saturated carbocycles. The van der Waals surface area contributed by atoms with E-state index in [9.17, 15) is 13.2 Å². The highest BCUT2D eigenvalue weighted by atomic mass is 35.5. The monoisotopic (exact) mass is 402 g/mol. The van der Waals surface area contributed by atoms with E-state index < -0.39 is 11.7 Å². The van der Waals surface area contributed by atoms with Gasteiger partial charge in [0.1, 0.15) is 12.4 Å². The van der Waals surface area contributed by atoms with Crippen LogP contribution in [0.15, 0.2) is 42.5 Å². The lowest BCUT2D eigenvalue weighted by Gasteiger charge is -2.07. The molecule has 0 aliphatic heterocycles. The quantitative estimate of drug-likeness (QED) is 0.618. The number of tetrazole rings is 1. The summed E-state index contributed by atoms with van der Waals surface area (Å²) in [6.45, 7) is 0.410. The van der Waals surface area contributed by atoms with E-state index in [0.717, 1.165) is 12.1 Å². The highest BCUT2D eigenvalue weighted by molar-refractivity contribution is 6.34. The molecule has 0 N–H and O–H groups in total. The largest absolute Gasteiger partial charge is 0.490 e. The van der Waals surface area contributed by atoms with Crippen LogP contribution in [-0.2, 0) is 12.7 Å². The van der Waals surface area contributed by atoms with Crippen molar-refractivity contribution in [3.05, 3.63) is 58.1 Å². The van der Waals surface area contributed by atoms with Crippen molar-refractivity contribution in [1.29, 1.82) is 0 Å². The second-order valence-corrected chi connectivity index (χ2v) is 6.05. The molecule has 0 amide bonds. The Kier molecular flexibility index (Phi) is 5.33.